The Kier molecular flexibility index (Phi) is 4.94. The molecule has 112 valence electrons. The largest absolute Gasteiger partial charge is 0.386 e. The summed E-state index contributed by atoms with van der Waals surface area (Å²) < 4.78 is 5.33. The van der Waals surface area contributed by atoms with Gasteiger partial charge >= 0.3 is 0 Å². The van der Waals surface area contributed by atoms with Crippen LogP contribution >= 0.6 is 0 Å². The molecule has 7 heteroatoms. The van der Waals surface area contributed by atoms with Crippen LogP contribution in [0.5, 0.6) is 0 Å². The van der Waals surface area contributed by atoms with Gasteiger partial charge in [0.25, 0.3) is 0 Å². The number of nitrogens with zero attached hydrogens (tertiary/aromatic N) is 5. The van der Waals surface area contributed by atoms with Crippen LogP contribution in [0.15, 0.2) is 15.1 Å². The van der Waals surface area contributed by atoms with Crippen molar-refractivity contribution < 1.29 is 4.74 Å². The van der Waals surface area contributed by atoms with Gasteiger partial charge in [0.1, 0.15) is 5.84 Å². The Morgan fingerprint density at radius 1 is 1.35 bits per heavy atom. The summed E-state index contributed by atoms with van der Waals surface area (Å²) in [5, 5.41) is 6.28. The van der Waals surface area contributed by atoms with E-state index >= 15 is 0 Å². The van der Waals surface area contributed by atoms with Gasteiger partial charge in [-0.2, -0.15) is 10.1 Å². The predicted octanol–water partition coefficient (Wildman–Crippen LogP) is 0.335. The van der Waals surface area contributed by atoms with Crippen molar-refractivity contribution in [3.63, 3.8) is 0 Å². The number of morpholine rings is 1. The molecule has 3 heterocycles. The van der Waals surface area contributed by atoms with Crippen LogP contribution in [-0.2, 0) is 4.74 Å². The predicted molar refractivity (Wildman–Crippen MR) is 80.9 cm³/mol. The van der Waals surface area contributed by atoms with E-state index in [2.05, 4.69) is 21.9 Å². The molecule has 0 spiro atoms. The summed E-state index contributed by atoms with van der Waals surface area (Å²) in [6.07, 6.45) is 1.82. The molecule has 2 atom stereocenters. The third-order valence-corrected chi connectivity index (χ3v) is 3.44. The molecule has 0 aromatic heterocycles. The standard InChI is InChI=1S/C11H18N6O.C2H6/c1-2-17-10-8(7-13-17)9(12)14-11(15-10)16-3-5-18-6-4-16;1-2/h7-8,10H,2-6H2,1H3,(H2,12,14,15);1-2H3. The van der Waals surface area contributed by atoms with Crippen molar-refractivity contribution in [2.45, 2.75) is 26.9 Å². The van der Waals surface area contributed by atoms with E-state index < -0.39 is 0 Å². The Morgan fingerprint density at radius 3 is 2.70 bits per heavy atom. The van der Waals surface area contributed by atoms with E-state index in [9.17, 15) is 0 Å². The topological polar surface area (TPSA) is 78.8 Å². The van der Waals surface area contributed by atoms with Crippen molar-refractivity contribution in [1.82, 2.24) is 9.91 Å². The first-order valence-corrected chi connectivity index (χ1v) is 7.35. The molecule has 1 saturated heterocycles. The number of fused-ring (bicyclic) bond motifs is 1. The molecular formula is C13H24N6O. The van der Waals surface area contributed by atoms with Crippen molar-refractivity contribution in [3.05, 3.63) is 0 Å². The summed E-state index contributed by atoms with van der Waals surface area (Å²) in [5.74, 6) is 1.35. The van der Waals surface area contributed by atoms with Crippen LogP contribution in [0.3, 0.4) is 0 Å². The maximum atomic E-state index is 6.03. The molecule has 0 aromatic rings. The lowest BCUT2D eigenvalue weighted by Crippen LogP contribution is -2.47. The number of hydrogen-bond donors (Lipinski definition) is 1. The van der Waals surface area contributed by atoms with Crippen LogP contribution in [0.2, 0.25) is 0 Å². The molecule has 0 amide bonds. The average molecular weight is 280 g/mol. The second kappa shape index (κ2) is 6.69. The van der Waals surface area contributed by atoms with Gasteiger partial charge in [-0.15, -0.1) is 0 Å². The number of nitrogens with two attached hydrogens (primary N) is 1. The van der Waals surface area contributed by atoms with Crippen LogP contribution in [0, 0.1) is 5.92 Å². The first kappa shape index (κ1) is 14.8. The first-order valence-electron chi connectivity index (χ1n) is 7.35. The molecule has 0 saturated carbocycles. The highest BCUT2D eigenvalue weighted by Crippen LogP contribution is 2.23. The molecule has 1 fully saturated rings. The smallest absolute Gasteiger partial charge is 0.224 e. The summed E-state index contributed by atoms with van der Waals surface area (Å²) in [4.78, 5) is 11.2. The number of hydrogen-bond acceptors (Lipinski definition) is 7. The van der Waals surface area contributed by atoms with Crippen LogP contribution in [-0.4, -0.2) is 66.9 Å². The fourth-order valence-electron chi connectivity index (χ4n) is 2.39. The molecule has 3 aliphatic rings. The number of hydrazone groups is 1. The first-order chi connectivity index (χ1) is 9.79. The second-order valence-electron chi connectivity index (χ2n) is 4.52. The number of amidine groups is 1. The maximum absolute atomic E-state index is 6.03. The van der Waals surface area contributed by atoms with Crippen LogP contribution < -0.4 is 5.73 Å². The molecule has 2 N–H and O–H groups in total. The molecule has 7 nitrogen and oxygen atoms in total. The highest BCUT2D eigenvalue weighted by molar-refractivity contribution is 6.06. The third-order valence-electron chi connectivity index (χ3n) is 3.44. The number of rotatable bonds is 1. The number of aliphatic imine (C=N–C) groups is 2. The lowest BCUT2D eigenvalue weighted by atomic mass is 10.1. The molecule has 2 unspecified atom stereocenters. The minimum absolute atomic E-state index is 0.0228. The van der Waals surface area contributed by atoms with E-state index in [1.165, 1.54) is 0 Å². The van der Waals surface area contributed by atoms with Gasteiger partial charge in [0, 0.05) is 25.8 Å². The molecule has 3 rings (SSSR count). The van der Waals surface area contributed by atoms with Gasteiger partial charge in [-0.25, -0.2) is 4.99 Å². The lowest BCUT2D eigenvalue weighted by Gasteiger charge is -2.32. The monoisotopic (exact) mass is 280 g/mol. The molecule has 0 aliphatic carbocycles. The average Bonchev–Trinajstić information content (AvgIpc) is 2.94. The van der Waals surface area contributed by atoms with Gasteiger partial charge in [0.15, 0.2) is 6.17 Å². The fourth-order valence-corrected chi connectivity index (χ4v) is 2.39. The van der Waals surface area contributed by atoms with Gasteiger partial charge in [-0.05, 0) is 6.92 Å². The van der Waals surface area contributed by atoms with E-state index in [0.717, 1.165) is 38.8 Å². The molecule has 0 aromatic carbocycles. The Morgan fingerprint density at radius 2 is 2.05 bits per heavy atom. The number of guanidine groups is 1. The molecule has 0 radical (unpaired) electrons. The van der Waals surface area contributed by atoms with E-state index in [4.69, 9.17) is 15.5 Å². The molecule has 3 aliphatic heterocycles. The van der Waals surface area contributed by atoms with Crippen LogP contribution in [0.4, 0.5) is 0 Å². The summed E-state index contributed by atoms with van der Waals surface area (Å²) in [6.45, 7) is 9.96. The maximum Gasteiger partial charge on any atom is 0.224 e. The lowest BCUT2D eigenvalue weighted by molar-refractivity contribution is 0.0667. The van der Waals surface area contributed by atoms with E-state index in [1.807, 2.05) is 25.1 Å². The highest BCUT2D eigenvalue weighted by Gasteiger charge is 2.36. The molecule has 20 heavy (non-hydrogen) atoms. The van der Waals surface area contributed by atoms with Crippen molar-refractivity contribution in [3.8, 4) is 0 Å². The van der Waals surface area contributed by atoms with E-state index in [0.29, 0.717) is 5.84 Å². The van der Waals surface area contributed by atoms with Crippen molar-refractivity contribution in [2.75, 3.05) is 32.8 Å². The normalized spacial score (nSPS) is 28.4. The highest BCUT2D eigenvalue weighted by atomic mass is 16.5. The van der Waals surface area contributed by atoms with Gasteiger partial charge < -0.3 is 15.4 Å². The second-order valence-corrected chi connectivity index (χ2v) is 4.52. The Balaban J connectivity index is 0.000000704. The summed E-state index contributed by atoms with van der Waals surface area (Å²) in [5.41, 5.74) is 6.03. The number of ether oxygens (including phenoxy) is 1. The SMILES string of the molecule is CC.CCN1N=CC2C(N)=NC(N3CCOCC3)=NC21. The van der Waals surface area contributed by atoms with Gasteiger partial charge in [-0.3, -0.25) is 5.01 Å². The van der Waals surface area contributed by atoms with E-state index in [1.54, 1.807) is 0 Å². The minimum atomic E-state index is -0.0228. The Bertz CT molecular complexity index is 413. The third kappa shape index (κ3) is 2.77. The minimum Gasteiger partial charge on any atom is -0.386 e. The van der Waals surface area contributed by atoms with Crippen LogP contribution in [0.1, 0.15) is 20.8 Å². The van der Waals surface area contributed by atoms with Gasteiger partial charge in [-0.1, -0.05) is 13.8 Å². The molecular weight excluding hydrogens is 256 g/mol. The fraction of sp³-hybridized carbons (Fsp3) is 0.769. The Hall–Kier alpha value is -1.63. The van der Waals surface area contributed by atoms with E-state index in [-0.39, 0.29) is 12.1 Å². The summed E-state index contributed by atoms with van der Waals surface area (Å²) in [7, 11) is 0. The van der Waals surface area contributed by atoms with Crippen LogP contribution in [0.25, 0.3) is 0 Å². The zero-order chi connectivity index (χ0) is 14.5. The summed E-state index contributed by atoms with van der Waals surface area (Å²) >= 11 is 0. The zero-order valence-electron chi connectivity index (χ0n) is 12.5. The Labute approximate surface area is 120 Å². The van der Waals surface area contributed by atoms with Gasteiger partial charge in [0.05, 0.1) is 19.1 Å². The molecule has 0 bridgehead atoms. The van der Waals surface area contributed by atoms with Crippen molar-refractivity contribution >= 4 is 18.0 Å². The zero-order valence-corrected chi connectivity index (χ0v) is 12.5. The van der Waals surface area contributed by atoms with Crippen molar-refractivity contribution in [2.24, 2.45) is 26.7 Å². The van der Waals surface area contributed by atoms with Crippen molar-refractivity contribution in [1.29, 1.82) is 0 Å². The quantitative estimate of drug-likeness (QED) is 0.751. The van der Waals surface area contributed by atoms with Gasteiger partial charge in [0.2, 0.25) is 5.96 Å². The summed E-state index contributed by atoms with van der Waals surface area (Å²) in [6, 6.07) is 0.